The smallest absolute Gasteiger partial charge is 0.342 e. The number of ether oxygens (including phenoxy) is 1. The summed E-state index contributed by atoms with van der Waals surface area (Å²) in [5.74, 6) is -1.23. The topological polar surface area (TPSA) is 68.3 Å². The van der Waals surface area contributed by atoms with Gasteiger partial charge >= 0.3 is 5.97 Å². The highest BCUT2D eigenvalue weighted by molar-refractivity contribution is 6.42. The van der Waals surface area contributed by atoms with Crippen molar-refractivity contribution in [3.05, 3.63) is 56.3 Å². The first-order valence-corrected chi connectivity index (χ1v) is 7.97. The van der Waals surface area contributed by atoms with E-state index in [4.69, 9.17) is 39.5 Å². The van der Waals surface area contributed by atoms with Crippen molar-refractivity contribution in [3.8, 4) is 0 Å². The average Bonchev–Trinajstić information content (AvgIpc) is 2.48. The zero-order chi connectivity index (χ0) is 17.9. The Morgan fingerprint density at radius 3 is 2.46 bits per heavy atom. The number of halogens is 3. The average molecular weight is 388 g/mol. The molecular formula is C16H13Cl3N2O3. The van der Waals surface area contributed by atoms with Gasteiger partial charge in [-0.1, -0.05) is 34.8 Å². The highest BCUT2D eigenvalue weighted by atomic mass is 35.5. The van der Waals surface area contributed by atoms with Gasteiger partial charge in [-0.15, -0.1) is 0 Å². The number of hydrogen-bond acceptors (Lipinski definition) is 4. The quantitative estimate of drug-likeness (QED) is 0.621. The number of carbonyl (C=O) groups excluding carboxylic acids is 2. The summed E-state index contributed by atoms with van der Waals surface area (Å²) in [6, 6.07) is 6.33. The maximum absolute atomic E-state index is 12.1. The van der Waals surface area contributed by atoms with E-state index in [0.717, 1.165) is 0 Å². The van der Waals surface area contributed by atoms with E-state index in [9.17, 15) is 9.59 Å². The highest BCUT2D eigenvalue weighted by Crippen LogP contribution is 2.25. The number of aromatic nitrogens is 1. The third-order valence-electron chi connectivity index (χ3n) is 3.04. The van der Waals surface area contributed by atoms with Gasteiger partial charge in [0.2, 0.25) is 0 Å². The fourth-order valence-corrected chi connectivity index (χ4v) is 2.67. The van der Waals surface area contributed by atoms with Crippen LogP contribution < -0.4 is 5.32 Å². The van der Waals surface area contributed by atoms with Crippen molar-refractivity contribution in [3.63, 3.8) is 0 Å². The summed E-state index contributed by atoms with van der Waals surface area (Å²) < 4.78 is 4.98. The Bertz CT molecular complexity index is 786. The van der Waals surface area contributed by atoms with Crippen molar-refractivity contribution in [1.29, 1.82) is 0 Å². The largest absolute Gasteiger partial charge is 0.452 e. The van der Waals surface area contributed by atoms with Crippen molar-refractivity contribution < 1.29 is 14.3 Å². The van der Waals surface area contributed by atoms with E-state index in [1.807, 2.05) is 0 Å². The number of benzene rings is 1. The Labute approximate surface area is 153 Å². The molecule has 0 radical (unpaired) electrons. The molecule has 1 aromatic carbocycles. The number of pyridine rings is 1. The molecule has 1 aromatic heterocycles. The van der Waals surface area contributed by atoms with Crippen LogP contribution in [-0.2, 0) is 9.53 Å². The first-order chi connectivity index (χ1) is 11.3. The predicted octanol–water partition coefficient (Wildman–Crippen LogP) is 4.45. The first kappa shape index (κ1) is 18.5. The number of amides is 1. The molecule has 0 saturated carbocycles. The third kappa shape index (κ3) is 4.60. The number of anilines is 1. The van der Waals surface area contributed by atoms with E-state index >= 15 is 0 Å². The van der Waals surface area contributed by atoms with Crippen LogP contribution in [0.3, 0.4) is 0 Å². The molecular weight excluding hydrogens is 375 g/mol. The van der Waals surface area contributed by atoms with Gasteiger partial charge in [0.15, 0.2) is 6.61 Å². The van der Waals surface area contributed by atoms with E-state index < -0.39 is 18.5 Å². The summed E-state index contributed by atoms with van der Waals surface area (Å²) in [5, 5.41) is 3.27. The van der Waals surface area contributed by atoms with Crippen molar-refractivity contribution in [2.75, 3.05) is 11.9 Å². The minimum Gasteiger partial charge on any atom is -0.452 e. The molecule has 0 saturated heterocycles. The summed E-state index contributed by atoms with van der Waals surface area (Å²) in [7, 11) is 0. The third-order valence-corrected chi connectivity index (χ3v) is 4.05. The van der Waals surface area contributed by atoms with Crippen LogP contribution in [0.2, 0.25) is 15.2 Å². The lowest BCUT2D eigenvalue weighted by atomic mass is 10.1. The number of carbonyl (C=O) groups is 2. The van der Waals surface area contributed by atoms with Crippen LogP contribution in [0.15, 0.2) is 24.3 Å². The molecule has 8 heteroatoms. The second kappa shape index (κ2) is 7.83. The Morgan fingerprint density at radius 2 is 1.83 bits per heavy atom. The predicted molar refractivity (Wildman–Crippen MR) is 94.1 cm³/mol. The molecule has 0 atom stereocenters. The normalized spacial score (nSPS) is 10.4. The van der Waals surface area contributed by atoms with E-state index in [-0.39, 0.29) is 10.7 Å². The van der Waals surface area contributed by atoms with Crippen LogP contribution in [0.4, 0.5) is 5.69 Å². The van der Waals surface area contributed by atoms with Gasteiger partial charge in [-0.05, 0) is 43.7 Å². The molecule has 0 aliphatic rings. The molecule has 1 heterocycles. The molecule has 0 bridgehead atoms. The van der Waals surface area contributed by atoms with Crippen LogP contribution in [-0.4, -0.2) is 23.5 Å². The van der Waals surface area contributed by atoms with E-state index in [1.165, 1.54) is 6.07 Å². The number of nitrogens with zero attached hydrogens (tertiary/aromatic N) is 1. The molecule has 0 aliphatic carbocycles. The van der Waals surface area contributed by atoms with E-state index in [0.29, 0.717) is 27.0 Å². The summed E-state index contributed by atoms with van der Waals surface area (Å²) in [6.45, 7) is 3.01. The maximum Gasteiger partial charge on any atom is 0.342 e. The summed E-state index contributed by atoms with van der Waals surface area (Å²) >= 11 is 17.6. The Balaban J connectivity index is 1.99. The summed E-state index contributed by atoms with van der Waals surface area (Å²) in [4.78, 5) is 27.9. The van der Waals surface area contributed by atoms with Gasteiger partial charge in [0.25, 0.3) is 5.91 Å². The molecule has 2 aromatic rings. The molecule has 0 spiro atoms. The van der Waals surface area contributed by atoms with Crippen molar-refractivity contribution >= 4 is 52.4 Å². The van der Waals surface area contributed by atoms with Gasteiger partial charge in [-0.25, -0.2) is 9.78 Å². The molecule has 1 N–H and O–H groups in total. The Morgan fingerprint density at radius 1 is 1.12 bits per heavy atom. The minimum absolute atomic E-state index is 0.0439. The molecule has 0 unspecified atom stereocenters. The van der Waals surface area contributed by atoms with Crippen LogP contribution in [0.25, 0.3) is 0 Å². The SMILES string of the molecule is Cc1cc(C)c(C(=O)OCC(=O)Nc2ccc(Cl)c(Cl)c2)c(Cl)n1. The van der Waals surface area contributed by atoms with Gasteiger partial charge in [-0.2, -0.15) is 0 Å². The minimum atomic E-state index is -0.714. The van der Waals surface area contributed by atoms with Crippen LogP contribution in [0, 0.1) is 13.8 Å². The summed E-state index contributed by atoms with van der Waals surface area (Å²) in [5.41, 5.74) is 1.90. The lowest BCUT2D eigenvalue weighted by Crippen LogP contribution is -2.21. The maximum atomic E-state index is 12.1. The number of aryl methyl sites for hydroxylation is 2. The lowest BCUT2D eigenvalue weighted by molar-refractivity contribution is -0.119. The van der Waals surface area contributed by atoms with Gasteiger partial charge in [0.05, 0.1) is 15.6 Å². The number of nitrogens with one attached hydrogen (secondary N) is 1. The second-order valence-corrected chi connectivity index (χ2v) is 6.17. The fourth-order valence-electron chi connectivity index (χ4n) is 2.01. The molecule has 5 nitrogen and oxygen atoms in total. The first-order valence-electron chi connectivity index (χ1n) is 6.83. The zero-order valence-electron chi connectivity index (χ0n) is 12.8. The molecule has 24 heavy (non-hydrogen) atoms. The molecule has 1 amide bonds. The van der Waals surface area contributed by atoms with Crippen LogP contribution in [0.1, 0.15) is 21.6 Å². The van der Waals surface area contributed by atoms with Gasteiger partial charge in [0.1, 0.15) is 5.15 Å². The monoisotopic (exact) mass is 386 g/mol. The van der Waals surface area contributed by atoms with Crippen LogP contribution >= 0.6 is 34.8 Å². The van der Waals surface area contributed by atoms with Gasteiger partial charge in [-0.3, -0.25) is 4.79 Å². The van der Waals surface area contributed by atoms with Gasteiger partial charge < -0.3 is 10.1 Å². The molecule has 0 aliphatic heterocycles. The van der Waals surface area contributed by atoms with Crippen molar-refractivity contribution in [2.45, 2.75) is 13.8 Å². The standard InChI is InChI=1S/C16H13Cl3N2O3/c1-8-5-9(2)20-15(19)14(8)16(23)24-7-13(22)21-10-3-4-11(17)12(18)6-10/h3-6H,7H2,1-2H3,(H,21,22). The highest BCUT2D eigenvalue weighted by Gasteiger charge is 2.18. The van der Waals surface area contributed by atoms with E-state index in [2.05, 4.69) is 10.3 Å². The second-order valence-electron chi connectivity index (χ2n) is 5.00. The lowest BCUT2D eigenvalue weighted by Gasteiger charge is -2.10. The van der Waals surface area contributed by atoms with Crippen molar-refractivity contribution in [2.24, 2.45) is 0 Å². The molecule has 0 fully saturated rings. The Kier molecular flexibility index (Phi) is 6.04. The van der Waals surface area contributed by atoms with Crippen molar-refractivity contribution in [1.82, 2.24) is 4.98 Å². The number of rotatable bonds is 4. The number of esters is 1. The van der Waals surface area contributed by atoms with E-state index in [1.54, 1.807) is 32.0 Å². The van der Waals surface area contributed by atoms with Gasteiger partial charge in [0, 0.05) is 11.4 Å². The zero-order valence-corrected chi connectivity index (χ0v) is 15.1. The molecule has 126 valence electrons. The number of hydrogen-bond donors (Lipinski definition) is 1. The fraction of sp³-hybridized carbons (Fsp3) is 0.188. The summed E-state index contributed by atoms with van der Waals surface area (Å²) in [6.07, 6.45) is 0. The molecule has 2 rings (SSSR count). The van der Waals surface area contributed by atoms with Crippen LogP contribution in [0.5, 0.6) is 0 Å². The Hall–Kier alpha value is -1.82.